The number of fused-ring (bicyclic) bond motifs is 1. The molecule has 3 aromatic rings. The molecule has 1 heterocycles. The van der Waals surface area contributed by atoms with Crippen molar-refractivity contribution in [2.24, 2.45) is 0 Å². The van der Waals surface area contributed by atoms with Gasteiger partial charge in [0.25, 0.3) is 6.01 Å². The van der Waals surface area contributed by atoms with Gasteiger partial charge in [-0.25, -0.2) is 4.79 Å². The van der Waals surface area contributed by atoms with Gasteiger partial charge in [-0.3, -0.25) is 0 Å². The van der Waals surface area contributed by atoms with Gasteiger partial charge in [0.2, 0.25) is 0 Å². The van der Waals surface area contributed by atoms with Crippen LogP contribution in [0, 0.1) is 0 Å². The summed E-state index contributed by atoms with van der Waals surface area (Å²) in [7, 11) is 0. The molecular weight excluding hydrogens is 368 g/mol. The number of ether oxygens (including phenoxy) is 1. The second kappa shape index (κ2) is 8.55. The zero-order valence-electron chi connectivity index (χ0n) is 17.4. The minimum absolute atomic E-state index is 0.275. The van der Waals surface area contributed by atoms with Crippen molar-refractivity contribution in [3.05, 3.63) is 54.1 Å². The molecule has 0 saturated carbocycles. The van der Waals surface area contributed by atoms with Crippen LogP contribution >= 0.6 is 0 Å². The van der Waals surface area contributed by atoms with Gasteiger partial charge in [-0.1, -0.05) is 24.3 Å². The first kappa shape index (κ1) is 20.7. The van der Waals surface area contributed by atoms with Crippen molar-refractivity contribution in [1.29, 1.82) is 0 Å². The maximum absolute atomic E-state index is 11.2. The number of oxazole rings is 1. The summed E-state index contributed by atoms with van der Waals surface area (Å²) in [5, 5.41) is 9.17. The van der Waals surface area contributed by atoms with Crippen molar-refractivity contribution in [1.82, 2.24) is 4.98 Å². The highest BCUT2D eigenvalue weighted by atomic mass is 16.5. The van der Waals surface area contributed by atoms with Crippen molar-refractivity contribution in [2.75, 3.05) is 11.4 Å². The average Bonchev–Trinajstić information content (AvgIpc) is 3.09. The molecule has 1 N–H and O–H groups in total. The largest absolute Gasteiger partial charge is 0.478 e. The van der Waals surface area contributed by atoms with E-state index in [9.17, 15) is 4.79 Å². The number of hydrogen-bond donors (Lipinski definition) is 1. The number of para-hydroxylation sites is 2. The highest BCUT2D eigenvalue weighted by molar-refractivity contribution is 5.76. The van der Waals surface area contributed by atoms with Gasteiger partial charge in [0.05, 0.1) is 0 Å². The van der Waals surface area contributed by atoms with E-state index in [1.165, 1.54) is 19.4 Å². The Kier molecular flexibility index (Phi) is 6.11. The van der Waals surface area contributed by atoms with Crippen molar-refractivity contribution in [3.63, 3.8) is 0 Å². The third-order valence-electron chi connectivity index (χ3n) is 4.83. The van der Waals surface area contributed by atoms with Gasteiger partial charge in [-0.15, -0.1) is 0 Å². The number of aliphatic carboxylic acids is 1. The van der Waals surface area contributed by atoms with Crippen molar-refractivity contribution in [3.8, 4) is 5.75 Å². The summed E-state index contributed by atoms with van der Waals surface area (Å²) in [5.74, 6) is -0.439. The van der Waals surface area contributed by atoms with Gasteiger partial charge in [-0.2, -0.15) is 4.98 Å². The van der Waals surface area contributed by atoms with E-state index in [0.29, 0.717) is 11.8 Å². The number of benzene rings is 2. The molecule has 0 aliphatic carbocycles. The minimum Gasteiger partial charge on any atom is -0.478 e. The fraction of sp³-hybridized carbons (Fsp3) is 0.391. The molecule has 2 aromatic carbocycles. The molecule has 0 atom stereocenters. The Morgan fingerprint density at radius 3 is 2.48 bits per heavy atom. The molecule has 0 fully saturated rings. The molecule has 0 aliphatic heterocycles. The summed E-state index contributed by atoms with van der Waals surface area (Å²) < 4.78 is 11.5. The zero-order valence-corrected chi connectivity index (χ0v) is 17.4. The summed E-state index contributed by atoms with van der Waals surface area (Å²) in [5.41, 5.74) is 1.59. The van der Waals surface area contributed by atoms with Crippen LogP contribution in [0.5, 0.6) is 5.75 Å². The molecule has 1 aromatic heterocycles. The molecule has 0 saturated heterocycles. The van der Waals surface area contributed by atoms with Crippen LogP contribution in [-0.2, 0) is 11.2 Å². The summed E-state index contributed by atoms with van der Waals surface area (Å²) in [4.78, 5) is 18.0. The number of carboxylic acid groups (broad SMARTS) is 1. The lowest BCUT2D eigenvalue weighted by Gasteiger charge is -2.24. The van der Waals surface area contributed by atoms with Crippen LogP contribution in [0.4, 0.5) is 6.01 Å². The summed E-state index contributed by atoms with van der Waals surface area (Å²) in [6.07, 6.45) is 1.84. The maximum atomic E-state index is 11.2. The molecule has 0 aliphatic rings. The Morgan fingerprint density at radius 2 is 1.86 bits per heavy atom. The molecule has 0 amide bonds. The van der Waals surface area contributed by atoms with E-state index in [1.54, 1.807) is 0 Å². The van der Waals surface area contributed by atoms with Crippen molar-refractivity contribution >= 4 is 23.1 Å². The number of carboxylic acids is 1. The SMILES string of the molecule is CC(C)N(CCCc1ccc(OC(C)(C)C(=O)O)cc1)c1nc2ccccc2o1. The Morgan fingerprint density at radius 1 is 1.17 bits per heavy atom. The van der Waals surface area contributed by atoms with E-state index >= 15 is 0 Å². The highest BCUT2D eigenvalue weighted by Crippen LogP contribution is 2.24. The lowest BCUT2D eigenvalue weighted by Crippen LogP contribution is -2.37. The molecule has 6 nitrogen and oxygen atoms in total. The predicted octanol–water partition coefficient (Wildman–Crippen LogP) is 4.92. The van der Waals surface area contributed by atoms with Crippen LogP contribution in [0.1, 0.15) is 39.7 Å². The van der Waals surface area contributed by atoms with Crippen LogP contribution in [0.15, 0.2) is 52.9 Å². The lowest BCUT2D eigenvalue weighted by molar-refractivity contribution is -0.152. The number of aryl methyl sites for hydroxylation is 1. The molecule has 0 unspecified atom stereocenters. The molecule has 154 valence electrons. The smallest absolute Gasteiger partial charge is 0.347 e. The number of rotatable bonds is 9. The van der Waals surface area contributed by atoms with E-state index < -0.39 is 11.6 Å². The third kappa shape index (κ3) is 5.08. The number of aromatic nitrogens is 1. The molecule has 0 spiro atoms. The Hall–Kier alpha value is -3.02. The van der Waals surface area contributed by atoms with Crippen LogP contribution < -0.4 is 9.64 Å². The van der Waals surface area contributed by atoms with Crippen molar-refractivity contribution < 1.29 is 19.1 Å². The Labute approximate surface area is 171 Å². The van der Waals surface area contributed by atoms with E-state index in [2.05, 4.69) is 23.7 Å². The molecule has 0 radical (unpaired) electrons. The number of nitrogens with zero attached hydrogens (tertiary/aromatic N) is 2. The zero-order chi connectivity index (χ0) is 21.0. The van der Waals surface area contributed by atoms with E-state index in [-0.39, 0.29) is 6.04 Å². The first-order valence-electron chi connectivity index (χ1n) is 9.90. The van der Waals surface area contributed by atoms with Gasteiger partial charge in [-0.05, 0) is 70.4 Å². The number of anilines is 1. The highest BCUT2D eigenvalue weighted by Gasteiger charge is 2.29. The average molecular weight is 396 g/mol. The fourth-order valence-electron chi connectivity index (χ4n) is 3.07. The van der Waals surface area contributed by atoms with Crippen molar-refractivity contribution in [2.45, 2.75) is 52.2 Å². The predicted molar refractivity (Wildman–Crippen MR) is 114 cm³/mol. The molecule has 6 heteroatoms. The molecule has 3 rings (SSSR count). The first-order valence-corrected chi connectivity index (χ1v) is 9.90. The molecule has 29 heavy (non-hydrogen) atoms. The summed E-state index contributed by atoms with van der Waals surface area (Å²) in [6.45, 7) is 8.16. The van der Waals surface area contributed by atoms with Crippen LogP contribution in [0.25, 0.3) is 11.1 Å². The Balaban J connectivity index is 1.59. The standard InChI is InChI=1S/C23H28N2O4/c1-16(2)25(22-24-19-9-5-6-10-20(19)28-22)15-7-8-17-11-13-18(14-12-17)29-23(3,4)21(26)27/h5-6,9-14,16H,7-8,15H2,1-4H3,(H,26,27). The third-order valence-corrected chi connectivity index (χ3v) is 4.83. The van der Waals surface area contributed by atoms with Gasteiger partial charge in [0.15, 0.2) is 11.2 Å². The quantitative estimate of drug-likeness (QED) is 0.553. The minimum atomic E-state index is -1.25. The monoisotopic (exact) mass is 396 g/mol. The second-order valence-corrected chi connectivity index (χ2v) is 7.92. The first-order chi connectivity index (χ1) is 13.8. The molecule has 0 bridgehead atoms. The van der Waals surface area contributed by atoms with E-state index in [4.69, 9.17) is 14.3 Å². The van der Waals surface area contributed by atoms with E-state index in [0.717, 1.165) is 30.5 Å². The number of carbonyl (C=O) groups is 1. The lowest BCUT2D eigenvalue weighted by atomic mass is 10.1. The number of hydrogen-bond acceptors (Lipinski definition) is 5. The van der Waals surface area contributed by atoms with Crippen LogP contribution in [0.2, 0.25) is 0 Å². The summed E-state index contributed by atoms with van der Waals surface area (Å²) >= 11 is 0. The van der Waals surface area contributed by atoms with Gasteiger partial charge in [0.1, 0.15) is 11.3 Å². The Bertz CT molecular complexity index is 927. The second-order valence-electron chi connectivity index (χ2n) is 7.92. The maximum Gasteiger partial charge on any atom is 0.347 e. The van der Waals surface area contributed by atoms with Gasteiger partial charge >= 0.3 is 5.97 Å². The van der Waals surface area contributed by atoms with E-state index in [1.807, 2.05) is 48.5 Å². The molecular formula is C23H28N2O4. The van der Waals surface area contributed by atoms with Gasteiger partial charge in [0, 0.05) is 12.6 Å². The van der Waals surface area contributed by atoms with Crippen LogP contribution in [-0.4, -0.2) is 34.2 Å². The summed E-state index contributed by atoms with van der Waals surface area (Å²) in [6, 6.07) is 16.3. The topological polar surface area (TPSA) is 75.8 Å². The van der Waals surface area contributed by atoms with Crippen LogP contribution in [0.3, 0.4) is 0 Å². The van der Waals surface area contributed by atoms with Gasteiger partial charge < -0.3 is 19.2 Å². The normalized spacial score (nSPS) is 11.8. The fourth-order valence-corrected chi connectivity index (χ4v) is 3.07.